The number of benzene rings is 2. The first kappa shape index (κ1) is 21.2. The Labute approximate surface area is 195 Å². The first-order valence-corrected chi connectivity index (χ1v) is 11.1. The number of hydrogen-bond acceptors (Lipinski definition) is 6. The first-order valence-electron chi connectivity index (χ1n) is 10.3. The van der Waals surface area contributed by atoms with E-state index >= 15 is 0 Å². The third kappa shape index (κ3) is 4.32. The van der Waals surface area contributed by atoms with Crippen molar-refractivity contribution in [3.8, 4) is 11.4 Å². The van der Waals surface area contributed by atoms with Crippen molar-refractivity contribution in [1.29, 1.82) is 0 Å². The molecule has 2 aromatic heterocycles. The number of nitrogens with one attached hydrogen (secondary N) is 5. The van der Waals surface area contributed by atoms with Gasteiger partial charge in [0.05, 0.1) is 22.9 Å². The van der Waals surface area contributed by atoms with Gasteiger partial charge in [-0.1, -0.05) is 33.2 Å². The molecule has 168 valence electrons. The van der Waals surface area contributed by atoms with Gasteiger partial charge in [-0.25, -0.2) is 4.79 Å². The fourth-order valence-electron chi connectivity index (χ4n) is 3.87. The smallest absolute Gasteiger partial charge is 0.349 e. The number of para-hydroxylation sites is 1. The topological polar surface area (TPSA) is 145 Å². The van der Waals surface area contributed by atoms with Gasteiger partial charge in [0.1, 0.15) is 5.69 Å². The number of amides is 2. The molecule has 1 fully saturated rings. The fraction of sp³-hybridized carbons (Fsp3) is 0.182. The number of aromatic nitrogens is 3. The van der Waals surface area contributed by atoms with E-state index in [1.807, 2.05) is 12.1 Å². The zero-order valence-electron chi connectivity index (χ0n) is 17.2. The molecule has 1 aliphatic rings. The third-order valence-corrected chi connectivity index (χ3v) is 5.95. The first-order chi connectivity index (χ1) is 16.0. The van der Waals surface area contributed by atoms with Gasteiger partial charge in [-0.05, 0) is 49.7 Å². The highest BCUT2D eigenvalue weighted by atomic mass is 79.9. The third-order valence-electron chi connectivity index (χ3n) is 5.46. The highest BCUT2D eigenvalue weighted by Crippen LogP contribution is 2.30. The van der Waals surface area contributed by atoms with E-state index in [2.05, 4.69) is 51.5 Å². The molecule has 10 nitrogen and oxygen atoms in total. The van der Waals surface area contributed by atoms with Crippen LogP contribution in [0.2, 0.25) is 0 Å². The van der Waals surface area contributed by atoms with E-state index in [0.29, 0.717) is 28.1 Å². The molecule has 4 aromatic rings. The second-order valence-corrected chi connectivity index (χ2v) is 8.59. The lowest BCUT2D eigenvalue weighted by molar-refractivity contribution is -0.117. The fourth-order valence-corrected chi connectivity index (χ4v) is 4.23. The van der Waals surface area contributed by atoms with Gasteiger partial charge < -0.3 is 20.9 Å². The molecule has 1 atom stereocenters. The summed E-state index contributed by atoms with van der Waals surface area (Å²) < 4.78 is 5.33. The van der Waals surface area contributed by atoms with Crippen LogP contribution >= 0.6 is 15.9 Å². The average Bonchev–Trinajstić information content (AvgIpc) is 3.55. The Morgan fingerprint density at radius 3 is 2.73 bits per heavy atom. The Kier molecular flexibility index (Phi) is 5.56. The van der Waals surface area contributed by atoms with Gasteiger partial charge in [-0.3, -0.25) is 19.1 Å². The number of carbonyl (C=O) groups excluding carboxylic acids is 2. The van der Waals surface area contributed by atoms with Crippen molar-refractivity contribution >= 4 is 50.0 Å². The van der Waals surface area contributed by atoms with Gasteiger partial charge in [0, 0.05) is 15.4 Å². The summed E-state index contributed by atoms with van der Waals surface area (Å²) in [5.41, 5.74) is 2.50. The molecule has 5 rings (SSSR count). The van der Waals surface area contributed by atoms with Crippen LogP contribution in [0.15, 0.2) is 56.3 Å². The molecule has 0 unspecified atom stereocenters. The highest BCUT2D eigenvalue weighted by Gasteiger charge is 2.23. The molecule has 11 heteroatoms. The van der Waals surface area contributed by atoms with Crippen LogP contribution in [0, 0.1) is 0 Å². The molecule has 1 aliphatic heterocycles. The van der Waals surface area contributed by atoms with Gasteiger partial charge in [0.15, 0.2) is 5.82 Å². The van der Waals surface area contributed by atoms with Crippen molar-refractivity contribution in [2.75, 3.05) is 17.2 Å². The van der Waals surface area contributed by atoms with E-state index in [1.165, 1.54) is 0 Å². The Hall–Kier alpha value is -3.70. The molecule has 1 saturated heterocycles. The van der Waals surface area contributed by atoms with Gasteiger partial charge >= 0.3 is 5.76 Å². The molecule has 3 heterocycles. The summed E-state index contributed by atoms with van der Waals surface area (Å²) >= 11 is 3.38. The average molecular weight is 511 g/mol. The summed E-state index contributed by atoms with van der Waals surface area (Å²) in [4.78, 5) is 42.5. The van der Waals surface area contributed by atoms with E-state index < -0.39 is 11.7 Å². The van der Waals surface area contributed by atoms with Crippen molar-refractivity contribution in [3.63, 3.8) is 0 Å². The van der Waals surface area contributed by atoms with Crippen LogP contribution in [0.4, 0.5) is 11.4 Å². The van der Waals surface area contributed by atoms with Crippen LogP contribution in [0.3, 0.4) is 0 Å². The van der Waals surface area contributed by atoms with Crippen LogP contribution in [-0.4, -0.2) is 39.5 Å². The number of halogens is 1. The van der Waals surface area contributed by atoms with Crippen molar-refractivity contribution in [2.24, 2.45) is 0 Å². The summed E-state index contributed by atoms with van der Waals surface area (Å²) in [5.74, 6) is -0.990. The van der Waals surface area contributed by atoms with E-state index in [9.17, 15) is 14.4 Å². The number of nitrogens with zero attached hydrogens (tertiary/aromatic N) is 1. The minimum Gasteiger partial charge on any atom is -0.349 e. The van der Waals surface area contributed by atoms with E-state index in [1.54, 1.807) is 30.3 Å². The lowest BCUT2D eigenvalue weighted by atomic mass is 10.1. The van der Waals surface area contributed by atoms with Crippen LogP contribution in [-0.2, 0) is 4.79 Å². The normalized spacial score (nSPS) is 15.6. The maximum atomic E-state index is 13.0. The maximum absolute atomic E-state index is 13.0. The number of carbonyl (C=O) groups is 2. The second kappa shape index (κ2) is 8.68. The molecule has 2 amide bonds. The summed E-state index contributed by atoms with van der Waals surface area (Å²) in [6.07, 6.45) is 1.77. The molecule has 0 radical (unpaired) electrons. The number of H-pyrrole nitrogens is 2. The molecule has 2 aromatic carbocycles. The Balaban J connectivity index is 1.42. The number of aromatic amines is 2. The Morgan fingerprint density at radius 2 is 1.97 bits per heavy atom. The summed E-state index contributed by atoms with van der Waals surface area (Å²) in [7, 11) is 0. The van der Waals surface area contributed by atoms with Crippen LogP contribution in [0.1, 0.15) is 23.3 Å². The molecular weight excluding hydrogens is 492 g/mol. The second-order valence-electron chi connectivity index (χ2n) is 7.68. The summed E-state index contributed by atoms with van der Waals surface area (Å²) in [6, 6.07) is 12.1. The molecule has 0 spiro atoms. The van der Waals surface area contributed by atoms with Crippen LogP contribution in [0.5, 0.6) is 0 Å². The number of hydrogen-bond donors (Lipinski definition) is 5. The Morgan fingerprint density at radius 1 is 1.09 bits per heavy atom. The molecule has 33 heavy (non-hydrogen) atoms. The predicted molar refractivity (Wildman–Crippen MR) is 126 cm³/mol. The molecule has 0 saturated carbocycles. The number of anilines is 2. The van der Waals surface area contributed by atoms with Crippen molar-refractivity contribution in [3.05, 3.63) is 63.2 Å². The lowest BCUT2D eigenvalue weighted by Gasteiger charge is -2.11. The lowest BCUT2D eigenvalue weighted by Crippen LogP contribution is -2.35. The van der Waals surface area contributed by atoms with Gasteiger partial charge in [0.2, 0.25) is 5.91 Å². The molecular formula is C22H19BrN6O4. The highest BCUT2D eigenvalue weighted by molar-refractivity contribution is 9.10. The van der Waals surface area contributed by atoms with Crippen LogP contribution < -0.4 is 21.7 Å². The largest absolute Gasteiger partial charge is 0.439 e. The predicted octanol–water partition coefficient (Wildman–Crippen LogP) is 3.22. The minimum atomic E-state index is -0.694. The van der Waals surface area contributed by atoms with E-state index in [4.69, 9.17) is 0 Å². The van der Waals surface area contributed by atoms with Gasteiger partial charge in [0.25, 0.3) is 5.91 Å². The molecule has 0 bridgehead atoms. The minimum absolute atomic E-state index is 0.0956. The monoisotopic (exact) mass is 510 g/mol. The maximum Gasteiger partial charge on any atom is 0.439 e. The van der Waals surface area contributed by atoms with E-state index in [0.717, 1.165) is 29.2 Å². The standard InChI is InChI=1S/C22H19BrN6O4/c23-12-6-7-14(13(10-12)19-28-22(32)33-29-19)26-21(31)17-9-11-3-1-4-15(18(11)25-17)27-20(30)16-5-2-8-24-16/h1,3-4,6-7,9-10,16,24-25H,2,5,8H2,(H,26,31)(H,27,30)(H,28,29,32)/t16-/m0/s1. The molecule has 5 N–H and O–H groups in total. The quantitative estimate of drug-likeness (QED) is 0.278. The number of fused-ring (bicyclic) bond motifs is 1. The van der Waals surface area contributed by atoms with Gasteiger partial charge in [-0.2, -0.15) is 0 Å². The number of rotatable bonds is 5. The van der Waals surface area contributed by atoms with Crippen molar-refractivity contribution < 1.29 is 14.1 Å². The zero-order valence-corrected chi connectivity index (χ0v) is 18.8. The SMILES string of the molecule is O=C(Nc1ccc(Br)cc1-c1noc(=O)[nH]1)c1cc2cccc(NC(=O)[C@@H]3CCCN3)c2[nH]1. The van der Waals surface area contributed by atoms with Crippen molar-refractivity contribution in [1.82, 2.24) is 20.4 Å². The zero-order chi connectivity index (χ0) is 22.9. The van der Waals surface area contributed by atoms with Gasteiger partial charge in [-0.15, -0.1) is 0 Å². The summed E-state index contributed by atoms with van der Waals surface area (Å²) in [6.45, 7) is 0.829. The van der Waals surface area contributed by atoms with Crippen molar-refractivity contribution in [2.45, 2.75) is 18.9 Å². The van der Waals surface area contributed by atoms with Crippen LogP contribution in [0.25, 0.3) is 22.3 Å². The van der Waals surface area contributed by atoms with E-state index in [-0.39, 0.29) is 17.8 Å². The summed E-state index contributed by atoms with van der Waals surface area (Å²) in [5, 5.41) is 13.4. The molecule has 0 aliphatic carbocycles. The Bertz CT molecular complexity index is 1420.